The Labute approximate surface area is 190 Å². The highest BCUT2D eigenvalue weighted by molar-refractivity contribution is 7.07. The lowest BCUT2D eigenvalue weighted by Gasteiger charge is -2.30. The number of allylic oxidation sites excluding steroid dienone is 1. The van der Waals surface area contributed by atoms with Gasteiger partial charge in [0.05, 0.1) is 16.3 Å². The van der Waals surface area contributed by atoms with Gasteiger partial charge >= 0.3 is 0 Å². The smallest absolute Gasteiger partial charge is 0.271 e. The highest BCUT2D eigenvalue weighted by atomic mass is 32.1. The molecule has 0 saturated carbocycles. The maximum Gasteiger partial charge on any atom is 0.271 e. The summed E-state index contributed by atoms with van der Waals surface area (Å²) in [5.74, 6) is 0. The molecule has 3 nitrogen and oxygen atoms in total. The number of fused-ring (bicyclic) bond motifs is 3. The molecule has 2 aliphatic rings. The van der Waals surface area contributed by atoms with E-state index in [0.717, 1.165) is 39.0 Å². The molecule has 2 heterocycles. The fraction of sp³-hybridized carbons (Fsp3) is 0.143. The SMILES string of the molecule is Cc1cccc(/C=c2\sc3n(c2=O)[C@H](c2ccccc2)C2=C(N=3)c3ccccc3CC2)c1. The van der Waals surface area contributed by atoms with Crippen LogP contribution in [0.3, 0.4) is 0 Å². The monoisotopic (exact) mass is 434 g/mol. The lowest BCUT2D eigenvalue weighted by Crippen LogP contribution is -2.38. The second-order valence-electron chi connectivity index (χ2n) is 8.44. The number of benzene rings is 3. The number of rotatable bonds is 2. The van der Waals surface area contributed by atoms with Gasteiger partial charge in [0.1, 0.15) is 0 Å². The lowest BCUT2D eigenvalue weighted by molar-refractivity contribution is 0.585. The summed E-state index contributed by atoms with van der Waals surface area (Å²) in [5.41, 5.74) is 8.22. The van der Waals surface area contributed by atoms with E-state index >= 15 is 0 Å². The van der Waals surface area contributed by atoms with Gasteiger partial charge in [-0.3, -0.25) is 9.36 Å². The van der Waals surface area contributed by atoms with Crippen molar-refractivity contribution >= 4 is 23.1 Å². The second-order valence-corrected chi connectivity index (χ2v) is 9.45. The Morgan fingerprint density at radius 1 is 0.969 bits per heavy atom. The fourth-order valence-corrected chi connectivity index (χ4v) is 5.87. The van der Waals surface area contributed by atoms with E-state index in [1.165, 1.54) is 33.6 Å². The summed E-state index contributed by atoms with van der Waals surface area (Å²) >= 11 is 1.49. The first kappa shape index (κ1) is 19.2. The first-order valence-electron chi connectivity index (χ1n) is 10.9. The number of thiazole rings is 1. The van der Waals surface area contributed by atoms with Gasteiger partial charge in [0, 0.05) is 5.56 Å². The molecule has 3 aromatic carbocycles. The van der Waals surface area contributed by atoms with Crippen LogP contribution in [0.2, 0.25) is 0 Å². The molecule has 0 amide bonds. The number of nitrogens with zero attached hydrogens (tertiary/aromatic N) is 2. The van der Waals surface area contributed by atoms with Crippen LogP contribution in [0.4, 0.5) is 0 Å². The second kappa shape index (κ2) is 7.57. The van der Waals surface area contributed by atoms with Crippen LogP contribution in [-0.4, -0.2) is 4.57 Å². The van der Waals surface area contributed by atoms with Crippen LogP contribution < -0.4 is 14.9 Å². The zero-order valence-electron chi connectivity index (χ0n) is 17.8. The van der Waals surface area contributed by atoms with Gasteiger partial charge in [-0.1, -0.05) is 95.8 Å². The first-order valence-corrected chi connectivity index (χ1v) is 11.8. The van der Waals surface area contributed by atoms with E-state index in [0.29, 0.717) is 0 Å². The molecule has 1 aromatic heterocycles. The summed E-state index contributed by atoms with van der Waals surface area (Å²) < 4.78 is 2.64. The Bertz CT molecular complexity index is 1560. The van der Waals surface area contributed by atoms with Crippen LogP contribution in [0.25, 0.3) is 11.8 Å². The third-order valence-electron chi connectivity index (χ3n) is 6.33. The topological polar surface area (TPSA) is 34.4 Å². The third kappa shape index (κ3) is 3.10. The van der Waals surface area contributed by atoms with Crippen molar-refractivity contribution in [2.24, 2.45) is 4.99 Å². The number of aromatic nitrogens is 1. The zero-order chi connectivity index (χ0) is 21.7. The average Bonchev–Trinajstić information content (AvgIpc) is 3.13. The molecule has 0 fully saturated rings. The van der Waals surface area contributed by atoms with Crippen LogP contribution in [0.15, 0.2) is 94.2 Å². The largest absolute Gasteiger partial charge is 0.272 e. The van der Waals surface area contributed by atoms with Crippen molar-refractivity contribution in [3.63, 3.8) is 0 Å². The molecule has 0 bridgehead atoms. The van der Waals surface area contributed by atoms with Gasteiger partial charge in [0.25, 0.3) is 5.56 Å². The van der Waals surface area contributed by atoms with E-state index in [2.05, 4.69) is 67.6 Å². The maximum atomic E-state index is 13.7. The molecule has 0 radical (unpaired) electrons. The highest BCUT2D eigenvalue weighted by Crippen LogP contribution is 2.41. The molecule has 0 N–H and O–H groups in total. The molecule has 1 atom stereocenters. The predicted octanol–water partition coefficient (Wildman–Crippen LogP) is 4.63. The van der Waals surface area contributed by atoms with Gasteiger partial charge in [-0.25, -0.2) is 4.99 Å². The number of hydrogen-bond acceptors (Lipinski definition) is 3. The van der Waals surface area contributed by atoms with Gasteiger partial charge in [0.15, 0.2) is 4.80 Å². The third-order valence-corrected chi connectivity index (χ3v) is 7.31. The fourth-order valence-electron chi connectivity index (χ4n) is 4.87. The van der Waals surface area contributed by atoms with Crippen molar-refractivity contribution in [3.05, 3.63) is 132 Å². The maximum absolute atomic E-state index is 13.7. The van der Waals surface area contributed by atoms with Crippen molar-refractivity contribution in [3.8, 4) is 0 Å². The molecular weight excluding hydrogens is 412 g/mol. The molecule has 1 aliphatic carbocycles. The molecule has 4 heteroatoms. The van der Waals surface area contributed by atoms with Crippen LogP contribution in [-0.2, 0) is 6.42 Å². The molecule has 0 unspecified atom stereocenters. The van der Waals surface area contributed by atoms with Crippen molar-refractivity contribution in [1.82, 2.24) is 4.57 Å². The molecule has 0 spiro atoms. The molecule has 156 valence electrons. The van der Waals surface area contributed by atoms with Crippen molar-refractivity contribution < 1.29 is 0 Å². The normalized spacial score (nSPS) is 17.4. The summed E-state index contributed by atoms with van der Waals surface area (Å²) in [6, 6.07) is 27.0. The van der Waals surface area contributed by atoms with E-state index in [-0.39, 0.29) is 11.6 Å². The van der Waals surface area contributed by atoms with E-state index in [4.69, 9.17) is 4.99 Å². The predicted molar refractivity (Wildman–Crippen MR) is 130 cm³/mol. The Morgan fingerprint density at radius 3 is 2.62 bits per heavy atom. The van der Waals surface area contributed by atoms with E-state index < -0.39 is 0 Å². The summed E-state index contributed by atoms with van der Waals surface area (Å²) in [6.07, 6.45) is 3.88. The quantitative estimate of drug-likeness (QED) is 0.453. The summed E-state index contributed by atoms with van der Waals surface area (Å²) in [4.78, 5) is 19.5. The van der Waals surface area contributed by atoms with Crippen molar-refractivity contribution in [1.29, 1.82) is 0 Å². The molecule has 4 aromatic rings. The van der Waals surface area contributed by atoms with Gasteiger partial charge in [-0.15, -0.1) is 0 Å². The Balaban J connectivity index is 1.63. The Kier molecular flexibility index (Phi) is 4.54. The molecule has 32 heavy (non-hydrogen) atoms. The zero-order valence-corrected chi connectivity index (χ0v) is 18.6. The van der Waals surface area contributed by atoms with Crippen molar-refractivity contribution in [2.45, 2.75) is 25.8 Å². The van der Waals surface area contributed by atoms with Gasteiger partial charge in [-0.05, 0) is 48.1 Å². The van der Waals surface area contributed by atoms with Crippen LogP contribution >= 0.6 is 11.3 Å². The summed E-state index contributed by atoms with van der Waals surface area (Å²) in [6.45, 7) is 2.07. The minimum atomic E-state index is -0.115. The van der Waals surface area contributed by atoms with Gasteiger partial charge < -0.3 is 0 Å². The minimum Gasteiger partial charge on any atom is -0.272 e. The van der Waals surface area contributed by atoms with Gasteiger partial charge in [0.2, 0.25) is 0 Å². The number of aryl methyl sites for hydroxylation is 2. The Hall–Kier alpha value is -3.50. The van der Waals surface area contributed by atoms with Crippen LogP contribution in [0.1, 0.15) is 40.3 Å². The number of hydrogen-bond donors (Lipinski definition) is 0. The van der Waals surface area contributed by atoms with Crippen molar-refractivity contribution in [2.75, 3.05) is 0 Å². The molecule has 6 rings (SSSR count). The first-order chi connectivity index (χ1) is 15.7. The standard InChI is InChI=1S/C28H22N2OS/c1-18-8-7-9-19(16-18)17-24-27(31)30-26(21-11-3-2-4-12-21)23-15-14-20-10-5-6-13-22(20)25(23)29-28(30)32-24/h2-13,16-17,26H,14-15H2,1H3/b24-17-/t26-/m1/s1. The van der Waals surface area contributed by atoms with Crippen LogP contribution in [0.5, 0.6) is 0 Å². The molecular formula is C28H22N2OS. The van der Waals surface area contributed by atoms with Gasteiger partial charge in [-0.2, -0.15) is 0 Å². The minimum absolute atomic E-state index is 0.0366. The Morgan fingerprint density at radius 2 is 1.78 bits per heavy atom. The lowest BCUT2D eigenvalue weighted by atomic mass is 9.83. The van der Waals surface area contributed by atoms with Crippen LogP contribution in [0, 0.1) is 6.92 Å². The molecule has 1 aliphatic heterocycles. The van der Waals surface area contributed by atoms with E-state index in [1.807, 2.05) is 28.8 Å². The average molecular weight is 435 g/mol. The summed E-state index contributed by atoms with van der Waals surface area (Å²) in [7, 11) is 0. The summed E-state index contributed by atoms with van der Waals surface area (Å²) in [5, 5.41) is 0. The van der Waals surface area contributed by atoms with E-state index in [1.54, 1.807) is 0 Å². The highest BCUT2D eigenvalue weighted by Gasteiger charge is 2.32. The van der Waals surface area contributed by atoms with E-state index in [9.17, 15) is 4.79 Å². The molecule has 0 saturated heterocycles.